The summed E-state index contributed by atoms with van der Waals surface area (Å²) in [5.74, 6) is 0.779. The summed E-state index contributed by atoms with van der Waals surface area (Å²) in [5.41, 5.74) is 4.89. The van der Waals surface area contributed by atoms with Crippen LogP contribution in [0.25, 0.3) is 0 Å². The molecule has 13 heavy (non-hydrogen) atoms. The normalized spacial score (nSPS) is 14.5. The number of hydrogen-bond donors (Lipinski definition) is 2. The molecule has 1 atom stereocenters. The first kappa shape index (κ1) is 10.8. The second-order valence-corrected chi connectivity index (χ2v) is 4.45. The Labute approximate surface area is 86.1 Å². The molecule has 0 saturated carbocycles. The van der Waals surface area contributed by atoms with Gasteiger partial charge in [-0.25, -0.2) is 0 Å². The monoisotopic (exact) mass is 247 g/mol. The third kappa shape index (κ3) is 3.14. The fourth-order valence-electron chi connectivity index (χ4n) is 0.928. The van der Waals surface area contributed by atoms with Crippen molar-refractivity contribution in [2.24, 2.45) is 5.73 Å². The van der Waals surface area contributed by atoms with Crippen molar-refractivity contribution in [2.45, 2.75) is 31.9 Å². The Balaban J connectivity index is 2.60. The first-order chi connectivity index (χ1) is 5.89. The summed E-state index contributed by atoms with van der Waals surface area (Å²) in [7, 11) is 0. The van der Waals surface area contributed by atoms with Gasteiger partial charge in [-0.1, -0.05) is 0 Å². The SMILES string of the molecule is CC(C)(O)C(N)Cc1ccc(Br)o1. The van der Waals surface area contributed by atoms with Crippen LogP contribution < -0.4 is 5.73 Å². The lowest BCUT2D eigenvalue weighted by molar-refractivity contribution is 0.0503. The van der Waals surface area contributed by atoms with E-state index in [1.165, 1.54) is 0 Å². The molecule has 0 fully saturated rings. The van der Waals surface area contributed by atoms with E-state index >= 15 is 0 Å². The minimum atomic E-state index is -0.876. The van der Waals surface area contributed by atoms with Crippen LogP contribution in [0.2, 0.25) is 0 Å². The van der Waals surface area contributed by atoms with Gasteiger partial charge in [0.25, 0.3) is 0 Å². The van der Waals surface area contributed by atoms with Crippen LogP contribution in [0, 0.1) is 0 Å². The Hall–Kier alpha value is -0.320. The molecule has 1 unspecified atom stereocenters. The number of hydrogen-bond acceptors (Lipinski definition) is 3. The van der Waals surface area contributed by atoms with Crippen LogP contribution in [0.5, 0.6) is 0 Å². The van der Waals surface area contributed by atoms with Crippen LogP contribution in [0.1, 0.15) is 19.6 Å². The molecule has 0 radical (unpaired) electrons. The Morgan fingerprint density at radius 2 is 2.23 bits per heavy atom. The van der Waals surface area contributed by atoms with Gasteiger partial charge in [0.1, 0.15) is 5.76 Å². The molecule has 0 bridgehead atoms. The summed E-state index contributed by atoms with van der Waals surface area (Å²) in [5, 5.41) is 9.58. The zero-order valence-corrected chi connectivity index (χ0v) is 9.34. The molecule has 0 amide bonds. The number of furan rings is 1. The van der Waals surface area contributed by atoms with Gasteiger partial charge in [0.2, 0.25) is 0 Å². The van der Waals surface area contributed by atoms with Crippen molar-refractivity contribution in [2.75, 3.05) is 0 Å². The van der Waals surface area contributed by atoms with E-state index in [0.717, 1.165) is 5.76 Å². The van der Waals surface area contributed by atoms with E-state index in [4.69, 9.17) is 10.2 Å². The van der Waals surface area contributed by atoms with Crippen LogP contribution in [-0.2, 0) is 6.42 Å². The van der Waals surface area contributed by atoms with E-state index in [1.54, 1.807) is 13.8 Å². The van der Waals surface area contributed by atoms with Gasteiger partial charge in [0.05, 0.1) is 5.60 Å². The molecule has 1 rings (SSSR count). The Morgan fingerprint density at radius 1 is 1.62 bits per heavy atom. The van der Waals surface area contributed by atoms with Gasteiger partial charge in [-0.3, -0.25) is 0 Å². The molecule has 1 aromatic heterocycles. The van der Waals surface area contributed by atoms with Gasteiger partial charge < -0.3 is 15.3 Å². The van der Waals surface area contributed by atoms with Crippen LogP contribution in [0.15, 0.2) is 21.2 Å². The summed E-state index contributed by atoms with van der Waals surface area (Å²) in [6, 6.07) is 3.34. The van der Waals surface area contributed by atoms with Crippen molar-refractivity contribution in [3.63, 3.8) is 0 Å². The third-order valence-corrected chi connectivity index (χ3v) is 2.38. The zero-order valence-electron chi connectivity index (χ0n) is 7.75. The van der Waals surface area contributed by atoms with E-state index in [0.29, 0.717) is 11.1 Å². The molecule has 0 spiro atoms. The number of aliphatic hydroxyl groups is 1. The number of nitrogens with two attached hydrogens (primary N) is 1. The summed E-state index contributed by atoms with van der Waals surface area (Å²) in [4.78, 5) is 0. The van der Waals surface area contributed by atoms with Crippen LogP contribution in [0.3, 0.4) is 0 Å². The van der Waals surface area contributed by atoms with Crippen LogP contribution in [-0.4, -0.2) is 16.7 Å². The molecular formula is C9H14BrNO2. The lowest BCUT2D eigenvalue weighted by atomic mass is 9.96. The summed E-state index contributed by atoms with van der Waals surface area (Å²) in [6.45, 7) is 3.38. The second-order valence-electron chi connectivity index (χ2n) is 3.67. The Morgan fingerprint density at radius 3 is 2.62 bits per heavy atom. The lowest BCUT2D eigenvalue weighted by Crippen LogP contribution is -2.44. The lowest BCUT2D eigenvalue weighted by Gasteiger charge is -2.24. The molecule has 0 aliphatic rings. The quantitative estimate of drug-likeness (QED) is 0.855. The van der Waals surface area contributed by atoms with Gasteiger partial charge in [-0.05, 0) is 41.9 Å². The fourth-order valence-corrected chi connectivity index (χ4v) is 1.27. The van der Waals surface area contributed by atoms with E-state index < -0.39 is 5.60 Å². The number of halogens is 1. The average molecular weight is 248 g/mol. The highest BCUT2D eigenvalue weighted by Crippen LogP contribution is 2.18. The molecular weight excluding hydrogens is 234 g/mol. The van der Waals surface area contributed by atoms with Crippen molar-refractivity contribution < 1.29 is 9.52 Å². The summed E-state index contributed by atoms with van der Waals surface area (Å²) in [6.07, 6.45) is 0.537. The maximum absolute atomic E-state index is 9.58. The summed E-state index contributed by atoms with van der Waals surface area (Å²) < 4.78 is 5.96. The van der Waals surface area contributed by atoms with Crippen molar-refractivity contribution in [3.8, 4) is 0 Å². The predicted octanol–water partition coefficient (Wildman–Crippen LogP) is 1.68. The minimum Gasteiger partial charge on any atom is -0.454 e. The molecule has 1 aromatic rings. The van der Waals surface area contributed by atoms with Crippen LogP contribution >= 0.6 is 15.9 Å². The maximum Gasteiger partial charge on any atom is 0.169 e. The van der Waals surface area contributed by atoms with Gasteiger partial charge >= 0.3 is 0 Å². The fraction of sp³-hybridized carbons (Fsp3) is 0.556. The predicted molar refractivity (Wildman–Crippen MR) is 54.4 cm³/mol. The highest BCUT2D eigenvalue weighted by atomic mass is 79.9. The molecule has 0 saturated heterocycles. The van der Waals surface area contributed by atoms with Crippen molar-refractivity contribution in [1.82, 2.24) is 0 Å². The maximum atomic E-state index is 9.58. The molecule has 74 valence electrons. The largest absolute Gasteiger partial charge is 0.454 e. The minimum absolute atomic E-state index is 0.314. The van der Waals surface area contributed by atoms with Crippen molar-refractivity contribution in [3.05, 3.63) is 22.6 Å². The number of rotatable bonds is 3. The Kier molecular flexibility index (Phi) is 3.16. The zero-order chi connectivity index (χ0) is 10.1. The molecule has 0 aliphatic heterocycles. The topological polar surface area (TPSA) is 59.4 Å². The van der Waals surface area contributed by atoms with E-state index in [-0.39, 0.29) is 6.04 Å². The van der Waals surface area contributed by atoms with Gasteiger partial charge in [0.15, 0.2) is 4.67 Å². The van der Waals surface area contributed by atoms with Gasteiger partial charge in [-0.15, -0.1) is 0 Å². The smallest absolute Gasteiger partial charge is 0.169 e. The standard InChI is InChI=1S/C9H14BrNO2/c1-9(2,12)7(11)5-6-3-4-8(10)13-6/h3-4,7,12H,5,11H2,1-2H3. The first-order valence-electron chi connectivity index (χ1n) is 4.12. The van der Waals surface area contributed by atoms with E-state index in [1.807, 2.05) is 12.1 Å². The summed E-state index contributed by atoms with van der Waals surface area (Å²) >= 11 is 3.20. The van der Waals surface area contributed by atoms with Gasteiger partial charge in [0, 0.05) is 12.5 Å². The van der Waals surface area contributed by atoms with E-state index in [9.17, 15) is 5.11 Å². The molecule has 0 aromatic carbocycles. The van der Waals surface area contributed by atoms with Gasteiger partial charge in [-0.2, -0.15) is 0 Å². The highest BCUT2D eigenvalue weighted by Gasteiger charge is 2.23. The molecule has 3 nitrogen and oxygen atoms in total. The molecule has 3 N–H and O–H groups in total. The van der Waals surface area contributed by atoms with E-state index in [2.05, 4.69) is 15.9 Å². The average Bonchev–Trinajstić information content (AvgIpc) is 2.33. The second kappa shape index (κ2) is 3.82. The third-order valence-electron chi connectivity index (χ3n) is 1.96. The van der Waals surface area contributed by atoms with Crippen molar-refractivity contribution >= 4 is 15.9 Å². The molecule has 0 aliphatic carbocycles. The molecule has 1 heterocycles. The highest BCUT2D eigenvalue weighted by molar-refractivity contribution is 9.10. The first-order valence-corrected chi connectivity index (χ1v) is 4.91. The Bertz CT molecular complexity index is 277. The van der Waals surface area contributed by atoms with Crippen LogP contribution in [0.4, 0.5) is 0 Å². The van der Waals surface area contributed by atoms with Crippen molar-refractivity contribution in [1.29, 1.82) is 0 Å². The molecule has 4 heteroatoms.